The van der Waals surface area contributed by atoms with Crippen molar-refractivity contribution in [3.8, 4) is 5.75 Å². The van der Waals surface area contributed by atoms with E-state index in [4.69, 9.17) is 4.74 Å². The molecule has 0 saturated carbocycles. The SMILES string of the molecule is Cc1nc(COc2cccc(C=CC(=O)Nc3cccc(C(=O)Nc4ccncc4)c3)c2)cs1. The summed E-state index contributed by atoms with van der Waals surface area (Å²) >= 11 is 1.59. The second-order valence-electron chi connectivity index (χ2n) is 7.31. The van der Waals surface area contributed by atoms with E-state index in [9.17, 15) is 9.59 Å². The molecule has 0 bridgehead atoms. The molecule has 7 nitrogen and oxygen atoms in total. The normalized spacial score (nSPS) is 10.7. The lowest BCUT2D eigenvalue weighted by Crippen LogP contribution is -2.13. The first kappa shape index (κ1) is 22.9. The summed E-state index contributed by atoms with van der Waals surface area (Å²) in [5.74, 6) is 0.111. The van der Waals surface area contributed by atoms with Gasteiger partial charge in [-0.3, -0.25) is 14.6 Å². The number of amides is 2. The van der Waals surface area contributed by atoms with E-state index in [1.807, 2.05) is 36.6 Å². The molecule has 2 aromatic carbocycles. The molecule has 4 aromatic rings. The molecule has 4 rings (SSSR count). The Kier molecular flexibility index (Phi) is 7.42. The first-order chi connectivity index (χ1) is 16.5. The Hall–Kier alpha value is -4.30. The Morgan fingerprint density at radius 2 is 1.82 bits per heavy atom. The van der Waals surface area contributed by atoms with Gasteiger partial charge >= 0.3 is 0 Å². The van der Waals surface area contributed by atoms with Gasteiger partial charge in [-0.15, -0.1) is 11.3 Å². The summed E-state index contributed by atoms with van der Waals surface area (Å²) in [6.45, 7) is 2.35. The molecule has 0 radical (unpaired) electrons. The maximum atomic E-state index is 12.5. The quantitative estimate of drug-likeness (QED) is 0.340. The Bertz CT molecular complexity index is 1320. The highest BCUT2D eigenvalue weighted by atomic mass is 32.1. The first-order valence-electron chi connectivity index (χ1n) is 10.5. The summed E-state index contributed by atoms with van der Waals surface area (Å²) in [5.41, 5.74) is 3.31. The predicted molar refractivity (Wildman–Crippen MR) is 134 cm³/mol. The molecular weight excluding hydrogens is 448 g/mol. The number of aromatic nitrogens is 2. The van der Waals surface area contributed by atoms with Crippen molar-refractivity contribution < 1.29 is 14.3 Å². The molecule has 2 heterocycles. The minimum atomic E-state index is -0.309. The van der Waals surface area contributed by atoms with Crippen molar-refractivity contribution in [2.75, 3.05) is 10.6 Å². The summed E-state index contributed by atoms with van der Waals surface area (Å²) in [6, 6.07) is 17.6. The number of nitrogens with zero attached hydrogens (tertiary/aromatic N) is 2. The van der Waals surface area contributed by atoms with Gasteiger partial charge in [0.25, 0.3) is 5.91 Å². The van der Waals surface area contributed by atoms with Crippen LogP contribution in [0.5, 0.6) is 5.75 Å². The average Bonchev–Trinajstić information content (AvgIpc) is 3.27. The number of aryl methyl sites for hydroxylation is 1. The molecule has 2 amide bonds. The van der Waals surface area contributed by atoms with E-state index in [0.717, 1.165) is 16.3 Å². The Morgan fingerprint density at radius 3 is 2.62 bits per heavy atom. The zero-order valence-corrected chi connectivity index (χ0v) is 19.2. The van der Waals surface area contributed by atoms with Crippen LogP contribution in [0.15, 0.2) is 84.5 Å². The van der Waals surface area contributed by atoms with Crippen LogP contribution in [0.2, 0.25) is 0 Å². The van der Waals surface area contributed by atoms with Crippen LogP contribution in [0, 0.1) is 6.92 Å². The molecule has 0 unspecified atom stereocenters. The fourth-order valence-corrected chi connectivity index (χ4v) is 3.67. The van der Waals surface area contributed by atoms with E-state index >= 15 is 0 Å². The smallest absolute Gasteiger partial charge is 0.255 e. The van der Waals surface area contributed by atoms with Crippen molar-refractivity contribution in [1.82, 2.24) is 9.97 Å². The van der Waals surface area contributed by atoms with Crippen molar-refractivity contribution in [2.24, 2.45) is 0 Å². The topological polar surface area (TPSA) is 93.2 Å². The van der Waals surface area contributed by atoms with Crippen LogP contribution in [-0.4, -0.2) is 21.8 Å². The molecule has 0 aliphatic carbocycles. The fraction of sp³-hybridized carbons (Fsp3) is 0.0769. The number of carbonyl (C=O) groups is 2. The molecule has 34 heavy (non-hydrogen) atoms. The summed E-state index contributed by atoms with van der Waals surface area (Å²) in [5, 5.41) is 8.55. The second kappa shape index (κ2) is 11.0. The predicted octanol–water partition coefficient (Wildman–Crippen LogP) is 5.33. The number of pyridine rings is 1. The van der Waals surface area contributed by atoms with Crippen molar-refractivity contribution in [2.45, 2.75) is 13.5 Å². The minimum Gasteiger partial charge on any atom is -0.487 e. The molecule has 2 aromatic heterocycles. The van der Waals surface area contributed by atoms with Gasteiger partial charge in [0.2, 0.25) is 5.91 Å². The monoisotopic (exact) mass is 470 g/mol. The van der Waals surface area contributed by atoms with E-state index < -0.39 is 0 Å². The third-order valence-electron chi connectivity index (χ3n) is 4.67. The second-order valence-corrected chi connectivity index (χ2v) is 8.37. The van der Waals surface area contributed by atoms with Gasteiger partial charge in [0, 0.05) is 40.8 Å². The number of carbonyl (C=O) groups excluding carboxylic acids is 2. The van der Waals surface area contributed by atoms with Crippen LogP contribution in [0.3, 0.4) is 0 Å². The third kappa shape index (κ3) is 6.60. The molecule has 8 heteroatoms. The van der Waals surface area contributed by atoms with Gasteiger partial charge in [-0.05, 0) is 61.0 Å². The van der Waals surface area contributed by atoms with E-state index in [-0.39, 0.29) is 11.8 Å². The number of ether oxygens (including phenoxy) is 1. The average molecular weight is 471 g/mol. The molecular formula is C26H22N4O3S. The number of thiazole rings is 1. The van der Waals surface area contributed by atoms with Gasteiger partial charge in [0.1, 0.15) is 12.4 Å². The lowest BCUT2D eigenvalue weighted by Gasteiger charge is -2.07. The largest absolute Gasteiger partial charge is 0.487 e. The minimum absolute atomic E-state index is 0.275. The van der Waals surface area contributed by atoms with E-state index in [1.165, 1.54) is 6.08 Å². The molecule has 170 valence electrons. The molecule has 0 aliphatic rings. The Balaban J connectivity index is 1.34. The summed E-state index contributed by atoms with van der Waals surface area (Å²) in [4.78, 5) is 33.2. The van der Waals surface area contributed by atoms with Gasteiger partial charge in [-0.1, -0.05) is 18.2 Å². The number of rotatable bonds is 8. The number of hydrogen-bond donors (Lipinski definition) is 2. The lowest BCUT2D eigenvalue weighted by atomic mass is 10.1. The summed E-state index contributed by atoms with van der Waals surface area (Å²) in [7, 11) is 0. The Labute approximate surface area is 201 Å². The van der Waals surface area contributed by atoms with Gasteiger partial charge in [0.15, 0.2) is 0 Å². The fourth-order valence-electron chi connectivity index (χ4n) is 3.07. The zero-order valence-electron chi connectivity index (χ0n) is 18.4. The zero-order chi connectivity index (χ0) is 23.8. The van der Waals surface area contributed by atoms with Gasteiger partial charge in [0.05, 0.1) is 10.7 Å². The summed E-state index contributed by atoms with van der Waals surface area (Å²) < 4.78 is 5.80. The standard InChI is InChI=1S/C26H22N4O3S/c1-18-28-23(17-34-18)16-33-24-7-2-4-19(14-24)8-9-25(31)29-22-6-3-5-20(15-22)26(32)30-21-10-12-27-13-11-21/h2-15,17H,16H2,1H3,(H,29,31)(H,27,30,32). The highest BCUT2D eigenvalue weighted by Gasteiger charge is 2.08. The van der Waals surface area contributed by atoms with Crippen molar-refractivity contribution >= 4 is 40.6 Å². The molecule has 0 aliphatic heterocycles. The highest BCUT2D eigenvalue weighted by Crippen LogP contribution is 2.18. The third-order valence-corrected chi connectivity index (χ3v) is 5.49. The lowest BCUT2D eigenvalue weighted by molar-refractivity contribution is -0.111. The Morgan fingerprint density at radius 1 is 1.00 bits per heavy atom. The molecule has 0 atom stereocenters. The van der Waals surface area contributed by atoms with Crippen LogP contribution in [0.25, 0.3) is 6.08 Å². The number of anilines is 2. The molecule has 0 saturated heterocycles. The molecule has 0 spiro atoms. The first-order valence-corrected chi connectivity index (χ1v) is 11.4. The maximum absolute atomic E-state index is 12.5. The summed E-state index contributed by atoms with van der Waals surface area (Å²) in [6.07, 6.45) is 6.34. The van der Waals surface area contributed by atoms with Crippen molar-refractivity contribution in [3.63, 3.8) is 0 Å². The van der Waals surface area contributed by atoms with Gasteiger partial charge in [-0.25, -0.2) is 4.98 Å². The number of benzene rings is 2. The number of nitrogens with one attached hydrogen (secondary N) is 2. The van der Waals surface area contributed by atoms with Crippen LogP contribution >= 0.6 is 11.3 Å². The van der Waals surface area contributed by atoms with E-state index in [2.05, 4.69) is 20.6 Å². The van der Waals surface area contributed by atoms with Crippen molar-refractivity contribution in [1.29, 1.82) is 0 Å². The number of hydrogen-bond acceptors (Lipinski definition) is 6. The van der Waals surface area contributed by atoms with Gasteiger partial charge in [-0.2, -0.15) is 0 Å². The van der Waals surface area contributed by atoms with Crippen molar-refractivity contribution in [3.05, 3.63) is 106 Å². The van der Waals surface area contributed by atoms with E-state index in [1.54, 1.807) is 66.2 Å². The van der Waals surface area contributed by atoms with Crippen LogP contribution < -0.4 is 15.4 Å². The van der Waals surface area contributed by atoms with Crippen LogP contribution in [0.1, 0.15) is 26.6 Å². The van der Waals surface area contributed by atoms with E-state index in [0.29, 0.717) is 29.3 Å². The molecule has 2 N–H and O–H groups in total. The van der Waals surface area contributed by atoms with Crippen LogP contribution in [-0.2, 0) is 11.4 Å². The maximum Gasteiger partial charge on any atom is 0.255 e. The highest BCUT2D eigenvalue weighted by molar-refractivity contribution is 7.09. The molecule has 0 fully saturated rings. The van der Waals surface area contributed by atoms with Crippen LogP contribution in [0.4, 0.5) is 11.4 Å². The van der Waals surface area contributed by atoms with Gasteiger partial charge < -0.3 is 15.4 Å².